The molecule has 0 aromatic carbocycles. The van der Waals surface area contributed by atoms with Gasteiger partial charge < -0.3 is 117 Å². The number of carbonyl (C=O) groups is 12. The zero-order valence-corrected chi connectivity index (χ0v) is 68.1. The van der Waals surface area contributed by atoms with Gasteiger partial charge in [0.2, 0.25) is 0 Å². The summed E-state index contributed by atoms with van der Waals surface area (Å²) < 4.78 is 94.8. The lowest BCUT2D eigenvalue weighted by atomic mass is 10.3. The van der Waals surface area contributed by atoms with E-state index in [0.717, 1.165) is 114 Å². The molecule has 0 aromatic rings. The fourth-order valence-corrected chi connectivity index (χ4v) is 7.99. The van der Waals surface area contributed by atoms with Gasteiger partial charge >= 0.3 is 72.4 Å². The highest BCUT2D eigenvalue weighted by Gasteiger charge is 2.23. The van der Waals surface area contributed by atoms with Crippen LogP contribution >= 0.6 is 0 Å². The van der Waals surface area contributed by atoms with E-state index in [4.69, 9.17) is 85.3 Å². The maximum absolute atomic E-state index is 11.9. The van der Waals surface area contributed by atoms with Crippen molar-refractivity contribution < 1.29 is 143 Å². The van der Waals surface area contributed by atoms with Crippen LogP contribution in [0.5, 0.6) is 0 Å². The normalized spacial score (nSPS) is 11.9. The van der Waals surface area contributed by atoms with Crippen LogP contribution in [-0.2, 0) is 114 Å². The molecule has 654 valence electrons. The lowest BCUT2D eigenvalue weighted by molar-refractivity contribution is -0.149. The van der Waals surface area contributed by atoms with Crippen molar-refractivity contribution in [2.24, 2.45) is 0 Å². The number of amides is 6. The largest absolute Gasteiger partial charge is 0.458 e. The first-order valence-corrected chi connectivity index (χ1v) is 39.0. The van der Waals surface area contributed by atoms with E-state index in [0.29, 0.717) is 117 Å². The Hall–Kier alpha value is -9.36. The van der Waals surface area contributed by atoms with E-state index in [-0.39, 0.29) is 79.3 Å². The van der Waals surface area contributed by atoms with Gasteiger partial charge in [0, 0.05) is 115 Å². The van der Waals surface area contributed by atoms with Gasteiger partial charge in [-0.15, -0.1) is 0 Å². The third-order valence-electron chi connectivity index (χ3n) is 14.2. The van der Waals surface area contributed by atoms with Crippen LogP contribution in [0.25, 0.3) is 0 Å². The summed E-state index contributed by atoms with van der Waals surface area (Å²) >= 11 is 0. The van der Waals surface area contributed by atoms with E-state index in [2.05, 4.69) is 71.4 Å². The number of ether oxygens (including phenoxy) is 18. The molecule has 6 unspecified atom stereocenters. The second-order valence-corrected chi connectivity index (χ2v) is 24.4. The third-order valence-corrected chi connectivity index (χ3v) is 14.2. The van der Waals surface area contributed by atoms with Crippen LogP contribution in [0.2, 0.25) is 0 Å². The minimum atomic E-state index is -0.770. The Morgan fingerprint density at radius 1 is 0.219 bits per heavy atom. The zero-order valence-electron chi connectivity index (χ0n) is 68.1. The molecule has 0 rings (SSSR count). The van der Waals surface area contributed by atoms with Crippen molar-refractivity contribution in [2.75, 3.05) is 158 Å². The lowest BCUT2D eigenvalue weighted by Gasteiger charge is -2.19. The van der Waals surface area contributed by atoms with Crippen LogP contribution in [0.1, 0.15) is 157 Å². The van der Waals surface area contributed by atoms with Crippen LogP contribution in [0, 0.1) is 0 Å². The molecule has 36 heteroatoms. The molecule has 0 saturated carbocycles. The molecule has 0 bridgehead atoms. The maximum Gasteiger partial charge on any atom is 0.407 e. The van der Waals surface area contributed by atoms with Crippen LogP contribution in [0.15, 0.2) is 75.9 Å². The Morgan fingerprint density at radius 2 is 0.386 bits per heavy atom. The molecule has 0 aliphatic rings. The van der Waals surface area contributed by atoms with Gasteiger partial charge in [-0.1, -0.05) is 120 Å². The number of carbonyl (C=O) groups excluding carboxylic acids is 12. The Kier molecular flexibility index (Phi) is 76.6. The smallest absolute Gasteiger partial charge is 0.407 e. The molecule has 6 amide bonds. The molecule has 36 nitrogen and oxygen atoms in total. The van der Waals surface area contributed by atoms with E-state index in [9.17, 15) is 57.5 Å². The quantitative estimate of drug-likeness (QED) is 0.0143. The predicted octanol–water partition coefficient (Wildman–Crippen LogP) is 9.14. The van der Waals surface area contributed by atoms with Gasteiger partial charge in [-0.3, -0.25) is 0 Å². The number of esters is 6. The molecular weight excluding hydrogens is 1500 g/mol. The van der Waals surface area contributed by atoms with Crippen molar-refractivity contribution >= 4 is 72.4 Å². The van der Waals surface area contributed by atoms with Crippen molar-refractivity contribution in [3.05, 3.63) is 75.9 Å². The summed E-state index contributed by atoms with van der Waals surface area (Å²) in [4.78, 5) is 139. The molecule has 0 saturated heterocycles. The van der Waals surface area contributed by atoms with E-state index < -0.39 is 109 Å². The van der Waals surface area contributed by atoms with Gasteiger partial charge in [0.1, 0.15) is 39.6 Å². The van der Waals surface area contributed by atoms with Crippen molar-refractivity contribution in [1.82, 2.24) is 31.9 Å². The second-order valence-electron chi connectivity index (χ2n) is 24.4. The summed E-state index contributed by atoms with van der Waals surface area (Å²) in [5, 5.41) is 15.7. The Morgan fingerprint density at radius 3 is 0.561 bits per heavy atom. The van der Waals surface area contributed by atoms with Crippen molar-refractivity contribution in [3.8, 4) is 0 Å². The number of hydrogen-bond donors (Lipinski definition) is 6. The van der Waals surface area contributed by atoms with Gasteiger partial charge in [0.15, 0.2) is 36.6 Å². The highest BCUT2D eigenvalue weighted by molar-refractivity contribution is 5.83. The molecule has 0 heterocycles. The van der Waals surface area contributed by atoms with Crippen LogP contribution in [0.4, 0.5) is 28.8 Å². The number of alkyl carbamates (subject to hydrolysis) is 6. The maximum atomic E-state index is 11.9. The molecule has 6 atom stereocenters. The molecule has 0 radical (unpaired) electrons. The monoisotopic (exact) mass is 1630 g/mol. The zero-order chi connectivity index (χ0) is 85.3. The van der Waals surface area contributed by atoms with Gasteiger partial charge in [0.25, 0.3) is 0 Å². The van der Waals surface area contributed by atoms with Crippen LogP contribution in [-0.4, -0.2) is 267 Å². The predicted molar refractivity (Wildman–Crippen MR) is 419 cm³/mol. The molecule has 6 N–H and O–H groups in total. The van der Waals surface area contributed by atoms with Gasteiger partial charge in [0.05, 0.1) is 39.6 Å². The third kappa shape index (κ3) is 74.1. The Labute approximate surface area is 672 Å². The molecule has 0 fully saturated rings. The Bertz CT molecular complexity index is 2540. The highest BCUT2D eigenvalue weighted by atomic mass is 16.6. The van der Waals surface area contributed by atoms with E-state index in [1.165, 1.54) is 0 Å². The average Bonchev–Trinajstić information content (AvgIpc) is 0.978. The number of unbranched alkanes of at least 4 members (excludes halogenated alkanes) is 9. The summed E-state index contributed by atoms with van der Waals surface area (Å²) in [6, 6.07) is 0. The van der Waals surface area contributed by atoms with Gasteiger partial charge in [-0.25, -0.2) is 57.5 Å². The van der Waals surface area contributed by atoms with E-state index >= 15 is 0 Å². The minimum absolute atomic E-state index is 0.0416. The molecule has 0 spiro atoms. The summed E-state index contributed by atoms with van der Waals surface area (Å²) in [6.45, 7) is 36.5. The summed E-state index contributed by atoms with van der Waals surface area (Å²) in [6.07, 6.45) is 12.3. The van der Waals surface area contributed by atoms with E-state index in [1.807, 2.05) is 41.5 Å². The average molecular weight is 1630 g/mol. The van der Waals surface area contributed by atoms with Crippen molar-refractivity contribution in [3.63, 3.8) is 0 Å². The van der Waals surface area contributed by atoms with Gasteiger partial charge in [-0.2, -0.15) is 0 Å². The standard InChI is InChI=1S/3C26H44N2O10/c1-5-9-13-27-25(31)36-20-21(37-24(30)8-4)17-33-15-11-12-16-34-18-22(19-35-23(29)7-3)38-26(32)28-14-10-6-2;1-5-9-13-27-25(31)35-19-21(37-23(29)7-3)17-33-15-11-12-16-34-18-22(38-24(30)8-4)20-36-26(32)28-14-10-6-2;1-5-9-13-27-25(31)37-21(19-35-23(29)7-3)17-33-15-11-12-16-34-18-22(20-36-24(30)8-4)38-26(32)28-14-10-6-2/h3*7-8,21-22H,3-6,9-20H2,1-2H3,(H,27,31)(H,28,32). The summed E-state index contributed by atoms with van der Waals surface area (Å²) in [5.74, 6) is -3.80. The van der Waals surface area contributed by atoms with Crippen LogP contribution < -0.4 is 31.9 Å². The molecule has 114 heavy (non-hydrogen) atoms. The Balaban J connectivity index is -0.00000162. The second kappa shape index (κ2) is 80.3. The molecule has 0 aliphatic carbocycles. The number of hydrogen-bond acceptors (Lipinski definition) is 30. The molecule has 0 aliphatic heterocycles. The van der Waals surface area contributed by atoms with Crippen molar-refractivity contribution in [1.29, 1.82) is 0 Å². The van der Waals surface area contributed by atoms with E-state index in [1.54, 1.807) is 0 Å². The fraction of sp³-hybridized carbons (Fsp3) is 0.692. The number of rotatable bonds is 69. The molecular formula is C78H132N6O30. The topological polar surface area (TPSA) is 443 Å². The van der Waals surface area contributed by atoms with Crippen LogP contribution in [0.3, 0.4) is 0 Å². The minimum Gasteiger partial charge on any atom is -0.458 e. The first kappa shape index (κ1) is 109. The van der Waals surface area contributed by atoms with Gasteiger partial charge in [-0.05, 0) is 77.0 Å². The lowest BCUT2D eigenvalue weighted by Crippen LogP contribution is -2.35. The summed E-state index contributed by atoms with van der Waals surface area (Å²) in [5.41, 5.74) is 0. The molecule has 0 aromatic heterocycles. The number of nitrogens with one attached hydrogen (secondary N) is 6. The fourth-order valence-electron chi connectivity index (χ4n) is 7.99. The first-order chi connectivity index (χ1) is 55.1. The highest BCUT2D eigenvalue weighted by Crippen LogP contribution is 2.08. The van der Waals surface area contributed by atoms with Crippen molar-refractivity contribution in [2.45, 2.75) is 194 Å². The summed E-state index contributed by atoms with van der Waals surface area (Å²) in [7, 11) is 0. The SMILES string of the molecule is C=CC(=O)OC(COCCCCOCC(COC(=O)NCCCC)OC(=O)C=C)COC(=O)NCCCC.C=CC(=O)OCC(COCCCCOCC(COC(=O)C=C)OC(=O)NCCCC)OC(=O)NCCCC.C=CC(=O)OCC(COCCCCOCC(COC(=O)NCCCC)OC(=O)C=C)OC(=O)NCCCC. The first-order valence-electron chi connectivity index (χ1n) is 39.0.